The van der Waals surface area contributed by atoms with Crippen molar-refractivity contribution in [1.82, 2.24) is 25.3 Å². The van der Waals surface area contributed by atoms with E-state index in [2.05, 4.69) is 25.9 Å². The number of carbonyl (C=O) groups is 1. The third-order valence-corrected chi connectivity index (χ3v) is 2.56. The average molecular weight is 260 g/mol. The van der Waals surface area contributed by atoms with Crippen LogP contribution in [0.25, 0.3) is 0 Å². The van der Waals surface area contributed by atoms with Crippen molar-refractivity contribution in [2.45, 2.75) is 13.0 Å². The van der Waals surface area contributed by atoms with E-state index in [0.29, 0.717) is 18.1 Å². The first-order valence-corrected chi connectivity index (χ1v) is 6.06. The lowest BCUT2D eigenvalue weighted by Gasteiger charge is -2.05. The molecular formula is C12H16N6O. The van der Waals surface area contributed by atoms with E-state index >= 15 is 0 Å². The second-order valence-electron chi connectivity index (χ2n) is 3.93. The molecule has 0 bridgehead atoms. The van der Waals surface area contributed by atoms with E-state index in [1.807, 2.05) is 16.9 Å². The van der Waals surface area contributed by atoms with Crippen LogP contribution < -0.4 is 10.6 Å². The lowest BCUT2D eigenvalue weighted by Crippen LogP contribution is -2.26. The molecule has 100 valence electrons. The maximum absolute atomic E-state index is 11.7. The first-order valence-electron chi connectivity index (χ1n) is 6.06. The molecule has 0 aromatic carbocycles. The summed E-state index contributed by atoms with van der Waals surface area (Å²) in [6.45, 7) is 1.35. The van der Waals surface area contributed by atoms with Gasteiger partial charge in [0.05, 0.1) is 0 Å². The molecule has 2 aromatic rings. The molecule has 7 heteroatoms. The van der Waals surface area contributed by atoms with Crippen molar-refractivity contribution >= 4 is 11.7 Å². The van der Waals surface area contributed by atoms with E-state index in [1.165, 1.54) is 0 Å². The molecule has 0 atom stereocenters. The molecule has 2 heterocycles. The summed E-state index contributed by atoms with van der Waals surface area (Å²) in [5, 5.41) is 17.4. The number of aromatic nitrogens is 4. The third kappa shape index (κ3) is 3.77. The summed E-state index contributed by atoms with van der Waals surface area (Å²) >= 11 is 0. The van der Waals surface area contributed by atoms with E-state index in [1.54, 1.807) is 25.4 Å². The predicted molar refractivity (Wildman–Crippen MR) is 70.8 cm³/mol. The molecule has 2 aromatic heterocycles. The Balaban J connectivity index is 1.74. The number of anilines is 1. The van der Waals surface area contributed by atoms with Gasteiger partial charge in [-0.15, -0.1) is 10.2 Å². The van der Waals surface area contributed by atoms with Crippen LogP contribution in [-0.2, 0) is 6.54 Å². The Morgan fingerprint density at radius 3 is 2.89 bits per heavy atom. The first kappa shape index (κ1) is 13.0. The Morgan fingerprint density at radius 1 is 1.37 bits per heavy atom. The van der Waals surface area contributed by atoms with Gasteiger partial charge >= 0.3 is 0 Å². The van der Waals surface area contributed by atoms with Crippen LogP contribution >= 0.6 is 0 Å². The topological polar surface area (TPSA) is 84.7 Å². The molecule has 19 heavy (non-hydrogen) atoms. The molecule has 2 N–H and O–H groups in total. The predicted octanol–water partition coefficient (Wildman–Crippen LogP) is 0.535. The number of carbonyl (C=O) groups excluding carboxylic acids is 1. The van der Waals surface area contributed by atoms with E-state index in [-0.39, 0.29) is 5.91 Å². The Kier molecular flexibility index (Phi) is 4.44. The van der Waals surface area contributed by atoms with Crippen LogP contribution in [0.15, 0.2) is 30.6 Å². The van der Waals surface area contributed by atoms with E-state index < -0.39 is 0 Å². The van der Waals surface area contributed by atoms with Gasteiger partial charge in [0.2, 0.25) is 0 Å². The summed E-state index contributed by atoms with van der Waals surface area (Å²) in [5.41, 5.74) is 0.318. The minimum Gasteiger partial charge on any atom is -0.372 e. The lowest BCUT2D eigenvalue weighted by atomic mass is 10.3. The van der Waals surface area contributed by atoms with Gasteiger partial charge in [-0.1, -0.05) is 0 Å². The van der Waals surface area contributed by atoms with Gasteiger partial charge in [-0.05, 0) is 24.6 Å². The summed E-state index contributed by atoms with van der Waals surface area (Å²) in [7, 11) is 1.75. The molecule has 0 spiro atoms. The first-order chi connectivity index (χ1) is 9.29. The van der Waals surface area contributed by atoms with E-state index in [9.17, 15) is 4.79 Å². The largest absolute Gasteiger partial charge is 0.372 e. The molecule has 0 radical (unpaired) electrons. The summed E-state index contributed by atoms with van der Waals surface area (Å²) in [6, 6.07) is 5.23. The Morgan fingerprint density at radius 2 is 2.26 bits per heavy atom. The van der Waals surface area contributed by atoms with E-state index in [4.69, 9.17) is 0 Å². The molecule has 2 rings (SSSR count). The van der Waals surface area contributed by atoms with Crippen LogP contribution in [0.1, 0.15) is 16.9 Å². The van der Waals surface area contributed by atoms with Gasteiger partial charge in [0, 0.05) is 32.5 Å². The summed E-state index contributed by atoms with van der Waals surface area (Å²) in [5.74, 6) is 0.422. The van der Waals surface area contributed by atoms with Crippen LogP contribution in [-0.4, -0.2) is 39.5 Å². The monoisotopic (exact) mass is 260 g/mol. The number of nitrogens with one attached hydrogen (secondary N) is 2. The van der Waals surface area contributed by atoms with Gasteiger partial charge < -0.3 is 10.6 Å². The minimum absolute atomic E-state index is 0.212. The summed E-state index contributed by atoms with van der Waals surface area (Å²) < 4.78 is 1.83. The highest BCUT2D eigenvalue weighted by atomic mass is 16.1. The maximum atomic E-state index is 11.7. The highest BCUT2D eigenvalue weighted by Crippen LogP contribution is 2.00. The smallest absolute Gasteiger partial charge is 0.271 e. The molecule has 0 aliphatic heterocycles. The Bertz CT molecular complexity index is 508. The minimum atomic E-state index is -0.212. The van der Waals surface area contributed by atoms with Crippen LogP contribution in [0.2, 0.25) is 0 Å². The van der Waals surface area contributed by atoms with Crippen molar-refractivity contribution in [2.24, 2.45) is 0 Å². The number of rotatable bonds is 6. The molecule has 0 fully saturated rings. The molecule has 0 saturated carbocycles. The number of hydrogen-bond acceptors (Lipinski definition) is 5. The van der Waals surface area contributed by atoms with Gasteiger partial charge in [-0.3, -0.25) is 9.48 Å². The zero-order valence-electron chi connectivity index (χ0n) is 10.7. The van der Waals surface area contributed by atoms with Crippen LogP contribution in [0.5, 0.6) is 0 Å². The number of hydrogen-bond donors (Lipinski definition) is 2. The van der Waals surface area contributed by atoms with Crippen molar-refractivity contribution < 1.29 is 4.79 Å². The zero-order valence-corrected chi connectivity index (χ0v) is 10.7. The van der Waals surface area contributed by atoms with Crippen LogP contribution in [0.3, 0.4) is 0 Å². The van der Waals surface area contributed by atoms with Gasteiger partial charge in [0.25, 0.3) is 5.91 Å². The quantitative estimate of drug-likeness (QED) is 0.740. The average Bonchev–Trinajstić information content (AvgIpc) is 2.96. The van der Waals surface area contributed by atoms with Gasteiger partial charge in [0.15, 0.2) is 5.69 Å². The standard InChI is InChI=1S/C12H16N6O/c1-13-11-5-4-10(16-17-11)12(19)14-6-2-8-18-9-3-7-15-18/h3-5,7,9H,2,6,8H2,1H3,(H,13,17)(H,14,19). The summed E-state index contributed by atoms with van der Waals surface area (Å²) in [6.07, 6.45) is 4.44. The molecule has 0 aliphatic carbocycles. The fraction of sp³-hybridized carbons (Fsp3) is 0.333. The van der Waals surface area contributed by atoms with Crippen LogP contribution in [0, 0.1) is 0 Å². The van der Waals surface area contributed by atoms with Gasteiger partial charge in [0.1, 0.15) is 5.82 Å². The molecule has 0 aliphatic rings. The maximum Gasteiger partial charge on any atom is 0.271 e. The Labute approximate surface area is 111 Å². The molecular weight excluding hydrogens is 244 g/mol. The fourth-order valence-electron chi connectivity index (χ4n) is 1.55. The molecule has 7 nitrogen and oxygen atoms in total. The van der Waals surface area contributed by atoms with Gasteiger partial charge in [-0.2, -0.15) is 5.10 Å². The molecule has 1 amide bonds. The second kappa shape index (κ2) is 6.48. The Hall–Kier alpha value is -2.44. The van der Waals surface area contributed by atoms with E-state index in [0.717, 1.165) is 13.0 Å². The number of amides is 1. The second-order valence-corrected chi connectivity index (χ2v) is 3.93. The summed E-state index contributed by atoms with van der Waals surface area (Å²) in [4.78, 5) is 11.7. The lowest BCUT2D eigenvalue weighted by molar-refractivity contribution is 0.0946. The van der Waals surface area contributed by atoms with Crippen molar-refractivity contribution in [3.63, 3.8) is 0 Å². The van der Waals surface area contributed by atoms with Crippen molar-refractivity contribution in [2.75, 3.05) is 18.9 Å². The molecule has 0 saturated heterocycles. The molecule has 0 unspecified atom stereocenters. The number of aryl methyl sites for hydroxylation is 1. The van der Waals surface area contributed by atoms with Crippen molar-refractivity contribution in [1.29, 1.82) is 0 Å². The van der Waals surface area contributed by atoms with Crippen LogP contribution in [0.4, 0.5) is 5.82 Å². The fourth-order valence-corrected chi connectivity index (χ4v) is 1.55. The highest BCUT2D eigenvalue weighted by molar-refractivity contribution is 5.92. The number of nitrogens with zero attached hydrogens (tertiary/aromatic N) is 4. The van der Waals surface area contributed by atoms with Crippen molar-refractivity contribution in [3.8, 4) is 0 Å². The van der Waals surface area contributed by atoms with Gasteiger partial charge in [-0.25, -0.2) is 0 Å². The normalized spacial score (nSPS) is 10.2. The SMILES string of the molecule is CNc1ccc(C(=O)NCCCn2cccn2)nn1. The zero-order chi connectivity index (χ0) is 13.5. The van der Waals surface area contributed by atoms with Crippen molar-refractivity contribution in [3.05, 3.63) is 36.3 Å². The highest BCUT2D eigenvalue weighted by Gasteiger charge is 2.06. The third-order valence-electron chi connectivity index (χ3n) is 2.56.